The molecule has 9 nitrogen and oxygen atoms in total. The van der Waals surface area contributed by atoms with Crippen molar-refractivity contribution in [3.05, 3.63) is 53.6 Å². The average molecular weight is 509 g/mol. The van der Waals surface area contributed by atoms with E-state index in [2.05, 4.69) is 10.1 Å². The van der Waals surface area contributed by atoms with Gasteiger partial charge in [0, 0.05) is 38.3 Å². The van der Waals surface area contributed by atoms with E-state index < -0.39 is 5.54 Å². The number of amides is 3. The van der Waals surface area contributed by atoms with Crippen molar-refractivity contribution in [2.45, 2.75) is 45.6 Å². The highest BCUT2D eigenvalue weighted by Crippen LogP contribution is 2.31. The molecule has 1 aliphatic rings. The van der Waals surface area contributed by atoms with E-state index in [4.69, 9.17) is 0 Å². The van der Waals surface area contributed by atoms with Gasteiger partial charge in [-0.15, -0.1) is 0 Å². The smallest absolute Gasteiger partial charge is 0.275 e. The average Bonchev–Trinajstić information content (AvgIpc) is 3.25. The maximum absolute atomic E-state index is 13.7. The molecule has 1 fully saturated rings. The van der Waals surface area contributed by atoms with Gasteiger partial charge in [0.05, 0.1) is 18.4 Å². The van der Waals surface area contributed by atoms with Gasteiger partial charge in [0.25, 0.3) is 5.91 Å². The summed E-state index contributed by atoms with van der Waals surface area (Å²) in [6.45, 7) is 9.99. The van der Waals surface area contributed by atoms with Crippen LogP contribution in [-0.2, 0) is 15.0 Å². The Hall–Kier alpha value is -3.82. The third-order valence-electron chi connectivity index (χ3n) is 6.74. The number of carbonyl (C=O) groups excluding carboxylic acids is 3. The van der Waals surface area contributed by atoms with Gasteiger partial charge in [-0.1, -0.05) is 20.8 Å². The van der Waals surface area contributed by atoms with Crippen LogP contribution < -0.4 is 0 Å². The van der Waals surface area contributed by atoms with Crippen molar-refractivity contribution in [2.24, 2.45) is 0 Å². The topological polar surface area (TPSA) is 91.1 Å². The molecule has 3 amide bonds. The number of imidazole rings is 1. The number of fused-ring (bicyclic) bond motifs is 1. The number of piperazine rings is 1. The van der Waals surface area contributed by atoms with Crippen LogP contribution in [0.1, 0.15) is 50.7 Å². The van der Waals surface area contributed by atoms with Crippen LogP contribution in [0, 0.1) is 5.82 Å². The third kappa shape index (κ3) is 4.92. The zero-order valence-corrected chi connectivity index (χ0v) is 22.4. The number of likely N-dealkylation sites (N-methyl/N-ethyl adjacent to an activating group) is 1. The first-order valence-electron chi connectivity index (χ1n) is 12.2. The van der Waals surface area contributed by atoms with Crippen LogP contribution >= 0.6 is 0 Å². The highest BCUT2D eigenvalue weighted by Gasteiger charge is 2.45. The molecule has 0 aliphatic carbocycles. The Balaban J connectivity index is 1.70. The summed E-state index contributed by atoms with van der Waals surface area (Å²) in [6, 6.07) is 8.00. The maximum Gasteiger partial charge on any atom is 0.275 e. The molecular formula is C27H33FN6O3. The summed E-state index contributed by atoms with van der Waals surface area (Å²) in [4.78, 5) is 48.1. The van der Waals surface area contributed by atoms with Crippen LogP contribution in [0.3, 0.4) is 0 Å². The zero-order valence-electron chi connectivity index (χ0n) is 22.4. The van der Waals surface area contributed by atoms with Gasteiger partial charge in [-0.3, -0.25) is 14.4 Å². The maximum atomic E-state index is 13.7. The second kappa shape index (κ2) is 9.24. The van der Waals surface area contributed by atoms with E-state index in [9.17, 15) is 18.8 Å². The molecule has 1 aromatic carbocycles. The second-order valence-electron chi connectivity index (χ2n) is 11.1. The summed E-state index contributed by atoms with van der Waals surface area (Å²) in [7, 11) is 3.28. The number of halogens is 1. The predicted molar refractivity (Wildman–Crippen MR) is 137 cm³/mol. The quantitative estimate of drug-likeness (QED) is 0.541. The summed E-state index contributed by atoms with van der Waals surface area (Å²) < 4.78 is 15.1. The molecule has 37 heavy (non-hydrogen) atoms. The Kier molecular flexibility index (Phi) is 6.56. The fourth-order valence-corrected chi connectivity index (χ4v) is 4.45. The summed E-state index contributed by atoms with van der Waals surface area (Å²) in [5, 5.41) is 4.65. The van der Waals surface area contributed by atoms with Gasteiger partial charge in [0.1, 0.15) is 17.1 Å². The molecule has 0 N–H and O–H groups in total. The van der Waals surface area contributed by atoms with E-state index >= 15 is 0 Å². The highest BCUT2D eigenvalue weighted by atomic mass is 19.1. The number of hydrogen-bond donors (Lipinski definition) is 0. The van der Waals surface area contributed by atoms with Crippen LogP contribution in [0.5, 0.6) is 0 Å². The Labute approximate surface area is 215 Å². The SMILES string of the molecule is CN(C)C(=O)CN1CCN(C(=O)c2cn3nc(-c4ccc(F)cc4)cc(C(C)(C)C)c3n2)C(C)(C)C1=O. The van der Waals surface area contributed by atoms with Crippen molar-refractivity contribution in [3.63, 3.8) is 0 Å². The molecule has 1 saturated heterocycles. The molecule has 0 atom stereocenters. The van der Waals surface area contributed by atoms with Crippen molar-refractivity contribution < 1.29 is 18.8 Å². The van der Waals surface area contributed by atoms with Crippen molar-refractivity contribution in [1.82, 2.24) is 29.3 Å². The molecule has 1 aliphatic heterocycles. The number of nitrogens with zero attached hydrogens (tertiary/aromatic N) is 6. The molecule has 3 heterocycles. The minimum Gasteiger partial charge on any atom is -0.347 e. The van der Waals surface area contributed by atoms with Crippen molar-refractivity contribution >= 4 is 23.4 Å². The second-order valence-corrected chi connectivity index (χ2v) is 11.1. The minimum atomic E-state index is -1.16. The molecule has 196 valence electrons. The number of benzene rings is 1. The molecule has 0 saturated carbocycles. The molecule has 2 aromatic heterocycles. The first-order chi connectivity index (χ1) is 17.2. The standard InChI is InChI=1S/C27H33FN6O3/c1-26(2,3)19-14-20(17-8-10-18(28)11-9-17)30-34-15-21(29-23(19)34)24(36)33-13-12-32(16-22(35)31(6)7)25(37)27(33,4)5/h8-11,14-15H,12-13,16H2,1-7H3. The zero-order chi connectivity index (χ0) is 27.3. The third-order valence-corrected chi connectivity index (χ3v) is 6.74. The number of hydrogen-bond acceptors (Lipinski definition) is 5. The fourth-order valence-electron chi connectivity index (χ4n) is 4.45. The minimum absolute atomic E-state index is 0.0311. The van der Waals surface area contributed by atoms with Gasteiger partial charge in [0.2, 0.25) is 11.8 Å². The Morgan fingerprint density at radius 3 is 2.35 bits per heavy atom. The molecule has 0 radical (unpaired) electrons. The summed E-state index contributed by atoms with van der Waals surface area (Å²) in [5.41, 5.74) is 1.49. The molecule has 3 aromatic rings. The number of rotatable bonds is 4. The molecule has 4 rings (SSSR count). The molecular weight excluding hydrogens is 475 g/mol. The van der Waals surface area contributed by atoms with Gasteiger partial charge in [-0.25, -0.2) is 13.9 Å². The molecule has 10 heteroatoms. The largest absolute Gasteiger partial charge is 0.347 e. The molecule has 0 bridgehead atoms. The summed E-state index contributed by atoms with van der Waals surface area (Å²) in [5.74, 6) is -1.19. The Morgan fingerprint density at radius 1 is 1.11 bits per heavy atom. The summed E-state index contributed by atoms with van der Waals surface area (Å²) in [6.07, 6.45) is 1.57. The highest BCUT2D eigenvalue weighted by molar-refractivity contribution is 5.99. The van der Waals surface area contributed by atoms with Crippen LogP contribution in [0.4, 0.5) is 4.39 Å². The van der Waals surface area contributed by atoms with Gasteiger partial charge in [-0.05, 0) is 49.6 Å². The Bertz CT molecular complexity index is 1370. The predicted octanol–water partition coefficient (Wildman–Crippen LogP) is 2.98. The van der Waals surface area contributed by atoms with E-state index in [-0.39, 0.29) is 54.3 Å². The lowest BCUT2D eigenvalue weighted by molar-refractivity contribution is -0.150. The van der Waals surface area contributed by atoms with Crippen LogP contribution in [0.2, 0.25) is 0 Å². The summed E-state index contributed by atoms with van der Waals surface area (Å²) >= 11 is 0. The van der Waals surface area contributed by atoms with E-state index in [1.807, 2.05) is 26.8 Å². The van der Waals surface area contributed by atoms with E-state index in [0.717, 1.165) is 11.1 Å². The lowest BCUT2D eigenvalue weighted by Crippen LogP contribution is -2.65. The van der Waals surface area contributed by atoms with Gasteiger partial charge < -0.3 is 14.7 Å². The van der Waals surface area contributed by atoms with Gasteiger partial charge >= 0.3 is 0 Å². The number of aromatic nitrogens is 3. The molecule has 0 spiro atoms. The Morgan fingerprint density at radius 2 is 1.76 bits per heavy atom. The van der Waals surface area contributed by atoms with E-state index in [0.29, 0.717) is 11.3 Å². The van der Waals surface area contributed by atoms with Crippen molar-refractivity contribution in [3.8, 4) is 11.3 Å². The van der Waals surface area contributed by atoms with E-state index in [1.165, 1.54) is 26.8 Å². The monoisotopic (exact) mass is 508 g/mol. The number of carbonyl (C=O) groups is 3. The van der Waals surface area contributed by atoms with Crippen LogP contribution in [-0.4, -0.2) is 86.3 Å². The van der Waals surface area contributed by atoms with Crippen molar-refractivity contribution in [1.29, 1.82) is 0 Å². The van der Waals surface area contributed by atoms with Crippen molar-refractivity contribution in [2.75, 3.05) is 33.7 Å². The normalized spacial score (nSPS) is 15.8. The van der Waals surface area contributed by atoms with Gasteiger partial charge in [0.15, 0.2) is 5.65 Å². The lowest BCUT2D eigenvalue weighted by atomic mass is 9.87. The van der Waals surface area contributed by atoms with Crippen LogP contribution in [0.15, 0.2) is 36.5 Å². The first-order valence-corrected chi connectivity index (χ1v) is 12.2. The fraction of sp³-hybridized carbons (Fsp3) is 0.444. The van der Waals surface area contributed by atoms with Gasteiger partial charge in [-0.2, -0.15) is 5.10 Å². The molecule has 0 unspecified atom stereocenters. The lowest BCUT2D eigenvalue weighted by Gasteiger charge is -2.45. The first kappa shape index (κ1) is 26.2. The van der Waals surface area contributed by atoms with Crippen LogP contribution in [0.25, 0.3) is 16.9 Å². The van der Waals surface area contributed by atoms with E-state index in [1.54, 1.807) is 50.8 Å².